The van der Waals surface area contributed by atoms with Crippen molar-refractivity contribution in [1.29, 1.82) is 0 Å². The largest absolute Gasteiger partial charge is 0.459 e. The van der Waals surface area contributed by atoms with Crippen LogP contribution in [0.1, 0.15) is 69.9 Å². The average Bonchev–Trinajstić information content (AvgIpc) is 2.61. The molecule has 1 unspecified atom stereocenters. The van der Waals surface area contributed by atoms with Crippen molar-refractivity contribution in [3.05, 3.63) is 70.3 Å². The summed E-state index contributed by atoms with van der Waals surface area (Å²) < 4.78 is 5.47. The molecule has 0 saturated heterocycles. The van der Waals surface area contributed by atoms with E-state index in [1.165, 1.54) is 6.92 Å². The zero-order valence-electron chi connectivity index (χ0n) is 16.5. The molecule has 2 rings (SSSR count). The van der Waals surface area contributed by atoms with Crippen molar-refractivity contribution in [2.75, 3.05) is 0 Å². The second kappa shape index (κ2) is 8.76. The summed E-state index contributed by atoms with van der Waals surface area (Å²) in [6, 6.07) is 12.1. The molecule has 0 saturated carbocycles. The van der Waals surface area contributed by atoms with Crippen LogP contribution in [-0.4, -0.2) is 23.6 Å². The Labute approximate surface area is 160 Å². The summed E-state index contributed by atoms with van der Waals surface area (Å²) in [5, 5.41) is 0. The lowest BCUT2D eigenvalue weighted by molar-refractivity contribution is 0.0237. The van der Waals surface area contributed by atoms with Crippen molar-refractivity contribution in [2.45, 2.75) is 47.1 Å². The van der Waals surface area contributed by atoms with Gasteiger partial charge in [-0.05, 0) is 43.9 Å². The lowest BCUT2D eigenvalue weighted by Crippen LogP contribution is -2.20. The van der Waals surface area contributed by atoms with Gasteiger partial charge in [-0.25, -0.2) is 4.79 Å². The molecule has 0 amide bonds. The lowest BCUT2D eigenvalue weighted by Gasteiger charge is -2.17. The molecule has 0 bridgehead atoms. The van der Waals surface area contributed by atoms with Crippen LogP contribution in [0, 0.1) is 12.8 Å². The Morgan fingerprint density at radius 1 is 0.926 bits per heavy atom. The van der Waals surface area contributed by atoms with Crippen LogP contribution in [0.5, 0.6) is 0 Å². The zero-order chi connectivity index (χ0) is 20.1. The third kappa shape index (κ3) is 5.13. The van der Waals surface area contributed by atoms with Gasteiger partial charge in [-0.3, -0.25) is 9.59 Å². The molecule has 0 heterocycles. The third-order valence-corrected chi connectivity index (χ3v) is 4.71. The second-order valence-electron chi connectivity index (χ2n) is 7.21. The first-order chi connectivity index (χ1) is 12.7. The molecule has 142 valence electrons. The Kier molecular flexibility index (Phi) is 6.67. The number of carbonyl (C=O) groups is 3. The molecule has 2 aromatic rings. The maximum absolute atomic E-state index is 12.6. The number of ether oxygens (including phenoxy) is 1. The monoisotopic (exact) mass is 366 g/mol. The molecule has 0 aliphatic rings. The van der Waals surface area contributed by atoms with Gasteiger partial charge in [0.1, 0.15) is 6.10 Å². The number of hydrogen-bond acceptors (Lipinski definition) is 4. The van der Waals surface area contributed by atoms with E-state index in [-0.39, 0.29) is 36.0 Å². The summed E-state index contributed by atoms with van der Waals surface area (Å²) in [5.74, 6) is -0.363. The quantitative estimate of drug-likeness (QED) is 0.520. The van der Waals surface area contributed by atoms with Crippen LogP contribution in [0.4, 0.5) is 0 Å². The van der Waals surface area contributed by atoms with Gasteiger partial charge in [0.2, 0.25) is 0 Å². The highest BCUT2D eigenvalue weighted by atomic mass is 16.5. The minimum absolute atomic E-state index is 0.121. The molecule has 0 spiro atoms. The third-order valence-electron chi connectivity index (χ3n) is 4.71. The van der Waals surface area contributed by atoms with E-state index in [0.717, 1.165) is 11.1 Å². The molecule has 0 aliphatic heterocycles. The highest BCUT2D eigenvalue weighted by molar-refractivity contribution is 6.08. The highest BCUT2D eigenvalue weighted by Gasteiger charge is 2.18. The van der Waals surface area contributed by atoms with E-state index < -0.39 is 0 Å². The van der Waals surface area contributed by atoms with Crippen LogP contribution in [0.2, 0.25) is 0 Å². The normalized spacial score (nSPS) is 11.9. The molecule has 0 aromatic heterocycles. The lowest BCUT2D eigenvalue weighted by atomic mass is 9.95. The summed E-state index contributed by atoms with van der Waals surface area (Å²) in [5.41, 5.74) is 2.92. The van der Waals surface area contributed by atoms with Gasteiger partial charge in [0.15, 0.2) is 11.6 Å². The number of aryl methyl sites for hydroxylation is 1. The van der Waals surface area contributed by atoms with Crippen molar-refractivity contribution < 1.29 is 19.1 Å². The molecule has 27 heavy (non-hydrogen) atoms. The average molecular weight is 366 g/mol. The van der Waals surface area contributed by atoms with Crippen LogP contribution in [0.15, 0.2) is 42.5 Å². The van der Waals surface area contributed by atoms with Crippen molar-refractivity contribution in [3.8, 4) is 0 Å². The van der Waals surface area contributed by atoms with Gasteiger partial charge in [-0.2, -0.15) is 0 Å². The number of rotatable bonds is 7. The second-order valence-corrected chi connectivity index (χ2v) is 7.21. The van der Waals surface area contributed by atoms with Crippen molar-refractivity contribution in [3.63, 3.8) is 0 Å². The van der Waals surface area contributed by atoms with Crippen molar-refractivity contribution in [2.24, 2.45) is 5.92 Å². The number of Topliss-reactive ketones (excluding diaryl/α,β-unsaturated/α-hetero) is 2. The summed E-state index contributed by atoms with van der Waals surface area (Å²) in [7, 11) is 0. The van der Waals surface area contributed by atoms with Gasteiger partial charge >= 0.3 is 5.97 Å². The maximum Gasteiger partial charge on any atom is 0.338 e. The first kappa shape index (κ1) is 20.6. The minimum Gasteiger partial charge on any atom is -0.459 e. The molecule has 0 fully saturated rings. The number of benzene rings is 2. The smallest absolute Gasteiger partial charge is 0.338 e. The molecular weight excluding hydrogens is 340 g/mol. The minimum atomic E-state index is -0.353. The highest BCUT2D eigenvalue weighted by Crippen LogP contribution is 2.18. The van der Waals surface area contributed by atoms with Crippen LogP contribution in [0.25, 0.3) is 0 Å². The number of ketones is 2. The number of carbonyl (C=O) groups excluding carboxylic acids is 3. The van der Waals surface area contributed by atoms with E-state index in [0.29, 0.717) is 16.7 Å². The summed E-state index contributed by atoms with van der Waals surface area (Å²) in [4.78, 5) is 36.7. The topological polar surface area (TPSA) is 60.4 Å². The van der Waals surface area contributed by atoms with E-state index >= 15 is 0 Å². The van der Waals surface area contributed by atoms with E-state index in [4.69, 9.17) is 4.74 Å². The van der Waals surface area contributed by atoms with Gasteiger partial charge in [0.05, 0.1) is 5.56 Å². The first-order valence-electron chi connectivity index (χ1n) is 9.14. The van der Waals surface area contributed by atoms with E-state index in [2.05, 4.69) is 0 Å². The number of esters is 1. The van der Waals surface area contributed by atoms with E-state index in [9.17, 15) is 14.4 Å². The van der Waals surface area contributed by atoms with Gasteiger partial charge in [0.25, 0.3) is 0 Å². The maximum atomic E-state index is 12.6. The van der Waals surface area contributed by atoms with Gasteiger partial charge in [0, 0.05) is 17.5 Å². The summed E-state index contributed by atoms with van der Waals surface area (Å²) in [6.45, 7) is 9.15. The SMILES string of the molecule is CC(=O)c1ccccc1C(=O)Cc1ccc(C(=O)OC(C)C(C)C)c(C)c1. The predicted octanol–water partition coefficient (Wildman–Crippen LogP) is 4.82. The molecule has 4 nitrogen and oxygen atoms in total. The Bertz CT molecular complexity index is 864. The van der Waals surface area contributed by atoms with Crippen LogP contribution < -0.4 is 0 Å². The number of hydrogen-bond donors (Lipinski definition) is 0. The fourth-order valence-corrected chi connectivity index (χ4v) is 2.75. The predicted molar refractivity (Wildman–Crippen MR) is 105 cm³/mol. The molecule has 0 aliphatic carbocycles. The Morgan fingerprint density at radius 3 is 2.11 bits per heavy atom. The fourth-order valence-electron chi connectivity index (χ4n) is 2.75. The van der Waals surface area contributed by atoms with Crippen molar-refractivity contribution >= 4 is 17.5 Å². The Balaban J connectivity index is 2.18. The van der Waals surface area contributed by atoms with Crippen LogP contribution in [-0.2, 0) is 11.2 Å². The molecular formula is C23H26O4. The van der Waals surface area contributed by atoms with Gasteiger partial charge in [-0.15, -0.1) is 0 Å². The van der Waals surface area contributed by atoms with Crippen LogP contribution in [0.3, 0.4) is 0 Å². The summed E-state index contributed by atoms with van der Waals surface area (Å²) in [6.07, 6.45) is 0.00398. The molecule has 1 atom stereocenters. The molecule has 0 N–H and O–H groups in total. The molecule has 2 aromatic carbocycles. The van der Waals surface area contributed by atoms with Crippen molar-refractivity contribution in [1.82, 2.24) is 0 Å². The Morgan fingerprint density at radius 2 is 1.56 bits per heavy atom. The van der Waals surface area contributed by atoms with Crippen LogP contribution >= 0.6 is 0 Å². The standard InChI is InChI=1S/C23H26O4/c1-14(2)17(5)27-23(26)19-11-10-18(12-15(19)3)13-22(25)21-9-7-6-8-20(21)16(4)24/h6-12,14,17H,13H2,1-5H3. The fraction of sp³-hybridized carbons (Fsp3) is 0.348. The zero-order valence-corrected chi connectivity index (χ0v) is 16.5. The molecule has 0 radical (unpaired) electrons. The van der Waals surface area contributed by atoms with E-state index in [1.54, 1.807) is 36.4 Å². The first-order valence-corrected chi connectivity index (χ1v) is 9.14. The Hall–Kier alpha value is -2.75. The summed E-state index contributed by atoms with van der Waals surface area (Å²) >= 11 is 0. The van der Waals surface area contributed by atoms with Gasteiger partial charge in [-0.1, -0.05) is 50.2 Å². The van der Waals surface area contributed by atoms with E-state index in [1.807, 2.05) is 33.8 Å². The van der Waals surface area contributed by atoms with Gasteiger partial charge < -0.3 is 4.74 Å². The molecule has 4 heteroatoms.